The Hall–Kier alpha value is -0.220. The van der Waals surface area contributed by atoms with Gasteiger partial charge in [0.25, 0.3) is 0 Å². The molecule has 1 aliphatic heterocycles. The lowest BCUT2D eigenvalue weighted by molar-refractivity contribution is -0.123. The van der Waals surface area contributed by atoms with Gasteiger partial charge in [-0.25, -0.2) is 0 Å². The topological polar surface area (TPSA) is 55.1 Å². The maximum atomic E-state index is 11.7. The van der Waals surface area contributed by atoms with Crippen LogP contribution < -0.4 is 11.1 Å². The molecule has 1 fully saturated rings. The molecule has 3 nitrogen and oxygen atoms in total. The molecule has 82 valence electrons. The van der Waals surface area contributed by atoms with E-state index in [9.17, 15) is 4.79 Å². The van der Waals surface area contributed by atoms with Crippen molar-refractivity contribution in [3.63, 3.8) is 0 Å². The first-order valence-corrected chi connectivity index (χ1v) is 6.44. The third kappa shape index (κ3) is 3.17. The molecule has 0 saturated carbocycles. The van der Waals surface area contributed by atoms with Gasteiger partial charge in [0.2, 0.25) is 5.91 Å². The van der Waals surface area contributed by atoms with Gasteiger partial charge in [0, 0.05) is 11.8 Å². The molecule has 14 heavy (non-hydrogen) atoms. The van der Waals surface area contributed by atoms with Crippen LogP contribution in [0, 0.1) is 5.92 Å². The molecule has 0 aromatic carbocycles. The Kier molecular flexibility index (Phi) is 4.75. The normalized spacial score (nSPS) is 25.8. The van der Waals surface area contributed by atoms with E-state index in [1.807, 2.05) is 18.7 Å². The molecule has 0 aliphatic carbocycles. The van der Waals surface area contributed by atoms with E-state index in [0.29, 0.717) is 6.04 Å². The first-order valence-electron chi connectivity index (χ1n) is 5.28. The Labute approximate surface area is 90.2 Å². The number of thioether (sulfide) groups is 1. The van der Waals surface area contributed by atoms with E-state index in [0.717, 1.165) is 24.3 Å². The maximum absolute atomic E-state index is 11.7. The molecule has 1 saturated heterocycles. The predicted molar refractivity (Wildman–Crippen MR) is 61.3 cm³/mol. The van der Waals surface area contributed by atoms with Gasteiger partial charge < -0.3 is 11.1 Å². The highest BCUT2D eigenvalue weighted by Gasteiger charge is 2.23. The second-order valence-corrected chi connectivity index (χ2v) is 5.13. The van der Waals surface area contributed by atoms with Gasteiger partial charge in [-0.3, -0.25) is 4.79 Å². The summed E-state index contributed by atoms with van der Waals surface area (Å²) in [7, 11) is 0. The van der Waals surface area contributed by atoms with E-state index in [1.54, 1.807) is 0 Å². The summed E-state index contributed by atoms with van der Waals surface area (Å²) in [4.78, 5) is 11.7. The Morgan fingerprint density at radius 2 is 2.43 bits per heavy atom. The van der Waals surface area contributed by atoms with Crippen LogP contribution in [0.5, 0.6) is 0 Å². The lowest BCUT2D eigenvalue weighted by atomic mass is 9.99. The number of amides is 1. The number of nitrogens with two attached hydrogens (primary N) is 1. The molecule has 0 bridgehead atoms. The molecular weight excluding hydrogens is 196 g/mol. The van der Waals surface area contributed by atoms with E-state index in [4.69, 9.17) is 5.73 Å². The van der Waals surface area contributed by atoms with Gasteiger partial charge in [0.15, 0.2) is 0 Å². The highest BCUT2D eigenvalue weighted by molar-refractivity contribution is 7.99. The number of rotatable bonds is 4. The van der Waals surface area contributed by atoms with Crippen LogP contribution in [-0.2, 0) is 4.79 Å². The fourth-order valence-electron chi connectivity index (χ4n) is 1.46. The third-order valence-corrected chi connectivity index (χ3v) is 4.00. The standard InChI is InChI=1S/C10H20N2OS/c1-3-7(2)9(11)10(13)12-8-4-5-14-6-8/h7-9H,3-6,11H2,1-2H3,(H,12,13)/t7?,8?,9-/m0/s1. The van der Waals surface area contributed by atoms with Gasteiger partial charge in [-0.2, -0.15) is 11.8 Å². The smallest absolute Gasteiger partial charge is 0.237 e. The van der Waals surface area contributed by atoms with Crippen molar-refractivity contribution in [2.45, 2.75) is 38.8 Å². The van der Waals surface area contributed by atoms with Crippen LogP contribution in [0.15, 0.2) is 0 Å². The largest absolute Gasteiger partial charge is 0.351 e. The summed E-state index contributed by atoms with van der Waals surface area (Å²) < 4.78 is 0. The van der Waals surface area contributed by atoms with Crippen LogP contribution >= 0.6 is 11.8 Å². The molecule has 4 heteroatoms. The van der Waals surface area contributed by atoms with Crippen molar-refractivity contribution in [1.82, 2.24) is 5.32 Å². The molecule has 2 unspecified atom stereocenters. The highest BCUT2D eigenvalue weighted by atomic mass is 32.2. The molecule has 3 atom stereocenters. The summed E-state index contributed by atoms with van der Waals surface area (Å²) in [6.45, 7) is 4.08. The van der Waals surface area contributed by atoms with Crippen LogP contribution in [0.1, 0.15) is 26.7 Å². The van der Waals surface area contributed by atoms with Gasteiger partial charge in [-0.15, -0.1) is 0 Å². The molecule has 1 amide bonds. The molecule has 1 heterocycles. The summed E-state index contributed by atoms with van der Waals surface area (Å²) in [5.74, 6) is 2.48. The maximum Gasteiger partial charge on any atom is 0.237 e. The van der Waals surface area contributed by atoms with Crippen molar-refractivity contribution in [3.05, 3.63) is 0 Å². The van der Waals surface area contributed by atoms with Gasteiger partial charge in [-0.1, -0.05) is 20.3 Å². The van der Waals surface area contributed by atoms with E-state index >= 15 is 0 Å². The second-order valence-electron chi connectivity index (χ2n) is 3.98. The average molecular weight is 216 g/mol. The van der Waals surface area contributed by atoms with Crippen LogP contribution in [0.25, 0.3) is 0 Å². The van der Waals surface area contributed by atoms with Gasteiger partial charge in [-0.05, 0) is 18.1 Å². The summed E-state index contributed by atoms with van der Waals surface area (Å²) in [6.07, 6.45) is 2.04. The van der Waals surface area contributed by atoms with Crippen LogP contribution in [0.2, 0.25) is 0 Å². The summed E-state index contributed by atoms with van der Waals surface area (Å²) in [5.41, 5.74) is 5.83. The zero-order chi connectivity index (χ0) is 10.6. The number of carbonyl (C=O) groups is 1. The highest BCUT2D eigenvalue weighted by Crippen LogP contribution is 2.17. The summed E-state index contributed by atoms with van der Waals surface area (Å²) in [5, 5.41) is 3.01. The summed E-state index contributed by atoms with van der Waals surface area (Å²) in [6, 6.07) is 0.00760. The van der Waals surface area contributed by atoms with Crippen LogP contribution in [0.3, 0.4) is 0 Å². The van der Waals surface area contributed by atoms with Crippen molar-refractivity contribution in [2.75, 3.05) is 11.5 Å². The average Bonchev–Trinajstić information content (AvgIpc) is 2.68. The van der Waals surface area contributed by atoms with Crippen molar-refractivity contribution in [1.29, 1.82) is 0 Å². The van der Waals surface area contributed by atoms with Gasteiger partial charge in [0.05, 0.1) is 6.04 Å². The first-order chi connectivity index (χ1) is 6.65. The molecular formula is C10H20N2OS. The Balaban J connectivity index is 2.32. The van der Waals surface area contributed by atoms with Crippen molar-refractivity contribution >= 4 is 17.7 Å². The Morgan fingerprint density at radius 1 is 1.71 bits per heavy atom. The molecule has 0 radical (unpaired) electrons. The fourth-order valence-corrected chi connectivity index (χ4v) is 2.61. The number of carbonyl (C=O) groups excluding carboxylic acids is 1. The lowest BCUT2D eigenvalue weighted by Crippen LogP contribution is -2.48. The van der Waals surface area contributed by atoms with Crippen molar-refractivity contribution in [2.24, 2.45) is 11.7 Å². The molecule has 3 N–H and O–H groups in total. The fraction of sp³-hybridized carbons (Fsp3) is 0.900. The Bertz CT molecular complexity index is 193. The second kappa shape index (κ2) is 5.61. The molecule has 1 rings (SSSR count). The third-order valence-electron chi connectivity index (χ3n) is 2.84. The minimum atomic E-state index is -0.342. The Morgan fingerprint density at radius 3 is 2.93 bits per heavy atom. The number of nitrogens with one attached hydrogen (secondary N) is 1. The zero-order valence-electron chi connectivity index (χ0n) is 8.95. The van der Waals surface area contributed by atoms with Crippen molar-refractivity contribution in [3.8, 4) is 0 Å². The minimum absolute atomic E-state index is 0.0202. The van der Waals surface area contributed by atoms with Crippen LogP contribution in [0.4, 0.5) is 0 Å². The van der Waals surface area contributed by atoms with E-state index in [1.165, 1.54) is 0 Å². The van der Waals surface area contributed by atoms with Gasteiger partial charge >= 0.3 is 0 Å². The first kappa shape index (κ1) is 11.9. The monoisotopic (exact) mass is 216 g/mol. The summed E-state index contributed by atoms with van der Waals surface area (Å²) >= 11 is 1.89. The van der Waals surface area contributed by atoms with E-state index in [-0.39, 0.29) is 17.9 Å². The zero-order valence-corrected chi connectivity index (χ0v) is 9.77. The molecule has 0 aromatic heterocycles. The van der Waals surface area contributed by atoms with E-state index in [2.05, 4.69) is 12.2 Å². The molecule has 1 aliphatic rings. The van der Waals surface area contributed by atoms with Gasteiger partial charge in [0.1, 0.15) is 0 Å². The molecule has 0 spiro atoms. The lowest BCUT2D eigenvalue weighted by Gasteiger charge is -2.20. The predicted octanol–water partition coefficient (Wildman–Crippen LogP) is 0.982. The quantitative estimate of drug-likeness (QED) is 0.736. The SMILES string of the molecule is CCC(C)[C@H](N)C(=O)NC1CCSC1. The van der Waals surface area contributed by atoms with Crippen LogP contribution in [-0.4, -0.2) is 29.5 Å². The number of hydrogen-bond donors (Lipinski definition) is 2. The number of hydrogen-bond acceptors (Lipinski definition) is 3. The van der Waals surface area contributed by atoms with Crippen molar-refractivity contribution < 1.29 is 4.79 Å². The minimum Gasteiger partial charge on any atom is -0.351 e. The molecule has 0 aromatic rings. The van der Waals surface area contributed by atoms with E-state index < -0.39 is 0 Å².